The fourth-order valence-corrected chi connectivity index (χ4v) is 3.69. The van der Waals surface area contributed by atoms with Gasteiger partial charge in [0, 0.05) is 26.7 Å². The quantitative estimate of drug-likeness (QED) is 0.321. The summed E-state index contributed by atoms with van der Waals surface area (Å²) < 4.78 is 6.22. The topological polar surface area (TPSA) is 13.1 Å². The van der Waals surface area contributed by atoms with Gasteiger partial charge in [-0.25, -0.2) is 0 Å². The van der Waals surface area contributed by atoms with E-state index in [-0.39, 0.29) is 0 Å². The van der Waals surface area contributed by atoms with E-state index in [4.69, 9.17) is 16.0 Å². The molecule has 0 aliphatic carbocycles. The highest BCUT2D eigenvalue weighted by Gasteiger charge is 2.16. The van der Waals surface area contributed by atoms with Crippen LogP contribution in [0.2, 0.25) is 5.02 Å². The fourth-order valence-electron chi connectivity index (χ4n) is 3.45. The van der Waals surface area contributed by atoms with Gasteiger partial charge in [-0.05, 0) is 29.1 Å². The van der Waals surface area contributed by atoms with Crippen molar-refractivity contribution in [2.75, 3.05) is 0 Å². The van der Waals surface area contributed by atoms with Crippen molar-refractivity contribution in [3.05, 3.63) is 83.9 Å². The Kier molecular flexibility index (Phi) is 2.91. The summed E-state index contributed by atoms with van der Waals surface area (Å²) >= 11 is 6.50. The second kappa shape index (κ2) is 5.12. The summed E-state index contributed by atoms with van der Waals surface area (Å²) in [7, 11) is 0. The number of furan rings is 1. The van der Waals surface area contributed by atoms with E-state index < -0.39 is 0 Å². The minimum atomic E-state index is 0.749. The van der Waals surface area contributed by atoms with Gasteiger partial charge in [-0.3, -0.25) is 0 Å². The summed E-state index contributed by atoms with van der Waals surface area (Å²) in [5, 5.41) is 5.27. The first-order chi connectivity index (χ1) is 11.8. The second-order valence-electron chi connectivity index (χ2n) is 5.93. The van der Waals surface area contributed by atoms with Crippen LogP contribution in [0.5, 0.6) is 0 Å². The molecule has 2 heteroatoms. The Labute approximate surface area is 144 Å². The molecular weight excluding hydrogens is 316 g/mol. The van der Waals surface area contributed by atoms with Gasteiger partial charge in [-0.1, -0.05) is 72.3 Å². The van der Waals surface area contributed by atoms with Gasteiger partial charge in [0.2, 0.25) is 0 Å². The molecule has 0 N–H and O–H groups in total. The van der Waals surface area contributed by atoms with E-state index >= 15 is 0 Å². The lowest BCUT2D eigenvalue weighted by atomic mass is 9.95. The summed E-state index contributed by atoms with van der Waals surface area (Å²) in [5.74, 6) is 0. The van der Waals surface area contributed by atoms with Crippen LogP contribution < -0.4 is 0 Å². The monoisotopic (exact) mass is 328 g/mol. The van der Waals surface area contributed by atoms with Gasteiger partial charge in [0.25, 0.3) is 0 Å². The normalized spacial score (nSPS) is 11.5. The van der Waals surface area contributed by atoms with E-state index in [1.54, 1.807) is 0 Å². The van der Waals surface area contributed by atoms with Gasteiger partial charge >= 0.3 is 0 Å². The Balaban J connectivity index is 2.06. The van der Waals surface area contributed by atoms with Crippen LogP contribution in [-0.4, -0.2) is 0 Å². The van der Waals surface area contributed by atoms with E-state index in [0.717, 1.165) is 48.9 Å². The molecule has 24 heavy (non-hydrogen) atoms. The van der Waals surface area contributed by atoms with E-state index in [9.17, 15) is 0 Å². The number of rotatable bonds is 1. The number of para-hydroxylation sites is 1. The van der Waals surface area contributed by atoms with Gasteiger partial charge in [0.15, 0.2) is 0 Å². The maximum Gasteiger partial charge on any atom is 0.143 e. The van der Waals surface area contributed by atoms with Crippen LogP contribution in [0.15, 0.2) is 83.3 Å². The average molecular weight is 329 g/mol. The molecule has 1 aromatic heterocycles. The third-order valence-electron chi connectivity index (χ3n) is 4.53. The van der Waals surface area contributed by atoms with Crippen molar-refractivity contribution in [2.24, 2.45) is 0 Å². The number of halogens is 1. The Bertz CT molecular complexity index is 1220. The van der Waals surface area contributed by atoms with Gasteiger partial charge in [0.1, 0.15) is 11.2 Å². The molecule has 1 nitrogen and oxygen atoms in total. The predicted octanol–water partition coefficient (Wildman–Crippen LogP) is 7.06. The summed E-state index contributed by atoms with van der Waals surface area (Å²) in [6.07, 6.45) is 0. The third-order valence-corrected chi connectivity index (χ3v) is 4.86. The van der Waals surface area contributed by atoms with Crippen molar-refractivity contribution in [3.8, 4) is 11.1 Å². The van der Waals surface area contributed by atoms with Gasteiger partial charge in [0.05, 0.1) is 0 Å². The van der Waals surface area contributed by atoms with Crippen LogP contribution in [0.25, 0.3) is 43.8 Å². The first-order valence-electron chi connectivity index (χ1n) is 7.91. The average Bonchev–Trinajstić information content (AvgIpc) is 3.01. The summed E-state index contributed by atoms with van der Waals surface area (Å²) in [5.41, 5.74) is 3.96. The van der Waals surface area contributed by atoms with Gasteiger partial charge in [-0.15, -0.1) is 0 Å². The zero-order chi connectivity index (χ0) is 16.1. The molecule has 0 atom stereocenters. The van der Waals surface area contributed by atoms with Crippen LogP contribution in [0.1, 0.15) is 0 Å². The molecule has 0 amide bonds. The van der Waals surface area contributed by atoms with Crippen LogP contribution in [0.4, 0.5) is 0 Å². The SMILES string of the molecule is Clc1ccccc1-c1cc2ccccc2c2oc3ccccc3c12. The molecule has 5 rings (SSSR count). The maximum atomic E-state index is 6.50. The molecule has 1 heterocycles. The summed E-state index contributed by atoms with van der Waals surface area (Å²) in [6.45, 7) is 0. The second-order valence-corrected chi connectivity index (χ2v) is 6.33. The lowest BCUT2D eigenvalue weighted by Gasteiger charge is -2.09. The molecule has 0 saturated carbocycles. The smallest absolute Gasteiger partial charge is 0.143 e. The van der Waals surface area contributed by atoms with E-state index in [1.807, 2.05) is 48.5 Å². The summed E-state index contributed by atoms with van der Waals surface area (Å²) in [4.78, 5) is 0. The van der Waals surface area contributed by atoms with Crippen LogP contribution >= 0.6 is 11.6 Å². The highest BCUT2D eigenvalue weighted by atomic mass is 35.5. The molecule has 0 bridgehead atoms. The Morgan fingerprint density at radius 1 is 0.667 bits per heavy atom. The number of benzene rings is 4. The zero-order valence-corrected chi connectivity index (χ0v) is 13.5. The first-order valence-corrected chi connectivity index (χ1v) is 8.28. The maximum absolute atomic E-state index is 6.50. The molecule has 0 radical (unpaired) electrons. The lowest BCUT2D eigenvalue weighted by molar-refractivity contribution is 0.673. The molecule has 4 aromatic carbocycles. The summed E-state index contributed by atoms with van der Waals surface area (Å²) in [6, 6.07) is 26.7. The molecule has 0 spiro atoms. The first kappa shape index (κ1) is 13.6. The van der Waals surface area contributed by atoms with Crippen molar-refractivity contribution >= 4 is 44.3 Å². The third kappa shape index (κ3) is 1.88. The van der Waals surface area contributed by atoms with E-state index in [2.05, 4.69) is 30.3 Å². The molecule has 114 valence electrons. The largest absolute Gasteiger partial charge is 0.455 e. The molecule has 0 fully saturated rings. The Morgan fingerprint density at radius 3 is 2.25 bits per heavy atom. The predicted molar refractivity (Wildman–Crippen MR) is 102 cm³/mol. The van der Waals surface area contributed by atoms with Crippen molar-refractivity contribution in [3.63, 3.8) is 0 Å². The molecular formula is C22H13ClO. The lowest BCUT2D eigenvalue weighted by Crippen LogP contribution is -1.83. The number of hydrogen-bond acceptors (Lipinski definition) is 1. The Morgan fingerprint density at radius 2 is 1.38 bits per heavy atom. The molecule has 0 unspecified atom stereocenters. The number of fused-ring (bicyclic) bond motifs is 5. The van der Waals surface area contributed by atoms with E-state index in [0.29, 0.717) is 0 Å². The van der Waals surface area contributed by atoms with Crippen molar-refractivity contribution in [1.29, 1.82) is 0 Å². The van der Waals surface area contributed by atoms with Crippen molar-refractivity contribution < 1.29 is 4.42 Å². The molecule has 0 saturated heterocycles. The minimum absolute atomic E-state index is 0.749. The standard InChI is InChI=1S/C22H13ClO/c23-19-11-5-3-9-16(19)18-13-14-7-1-2-8-15(14)22-21(18)17-10-4-6-12-20(17)24-22/h1-13H. The van der Waals surface area contributed by atoms with Gasteiger partial charge in [-0.2, -0.15) is 0 Å². The molecule has 0 aliphatic heterocycles. The van der Waals surface area contributed by atoms with Crippen LogP contribution in [0.3, 0.4) is 0 Å². The highest BCUT2D eigenvalue weighted by molar-refractivity contribution is 6.34. The van der Waals surface area contributed by atoms with Crippen LogP contribution in [-0.2, 0) is 0 Å². The highest BCUT2D eigenvalue weighted by Crippen LogP contribution is 2.42. The van der Waals surface area contributed by atoms with E-state index in [1.165, 1.54) is 0 Å². The zero-order valence-electron chi connectivity index (χ0n) is 12.8. The van der Waals surface area contributed by atoms with Crippen LogP contribution in [0, 0.1) is 0 Å². The fraction of sp³-hybridized carbons (Fsp3) is 0. The van der Waals surface area contributed by atoms with Crippen molar-refractivity contribution in [1.82, 2.24) is 0 Å². The number of hydrogen-bond donors (Lipinski definition) is 0. The van der Waals surface area contributed by atoms with Gasteiger partial charge < -0.3 is 4.42 Å². The Hall–Kier alpha value is -2.77. The minimum Gasteiger partial charge on any atom is -0.455 e. The molecule has 5 aromatic rings. The van der Waals surface area contributed by atoms with Crippen molar-refractivity contribution in [2.45, 2.75) is 0 Å². The molecule has 0 aliphatic rings.